The summed E-state index contributed by atoms with van der Waals surface area (Å²) in [7, 11) is 0. The van der Waals surface area contributed by atoms with Gasteiger partial charge in [-0.05, 0) is 36.4 Å². The second kappa shape index (κ2) is 6.44. The van der Waals surface area contributed by atoms with E-state index in [1.54, 1.807) is 0 Å². The van der Waals surface area contributed by atoms with Crippen molar-refractivity contribution in [3.05, 3.63) is 59.2 Å². The van der Waals surface area contributed by atoms with Gasteiger partial charge in [0, 0.05) is 0 Å². The molecule has 2 heterocycles. The molecule has 28 heavy (non-hydrogen) atoms. The summed E-state index contributed by atoms with van der Waals surface area (Å²) in [5, 5.41) is 39.0. The average molecular weight is 382 g/mol. The maximum Gasteiger partial charge on any atom is 0.335 e. The normalized spacial score (nSPS) is 13.6. The third kappa shape index (κ3) is 2.96. The third-order valence-corrected chi connectivity index (χ3v) is 4.35. The van der Waals surface area contributed by atoms with Gasteiger partial charge in [0.05, 0.1) is 33.2 Å². The molecule has 0 saturated carbocycles. The highest BCUT2D eigenvalue weighted by Gasteiger charge is 2.26. The summed E-state index contributed by atoms with van der Waals surface area (Å²) >= 11 is 0. The summed E-state index contributed by atoms with van der Waals surface area (Å²) in [6.45, 7) is 0. The lowest BCUT2D eigenvalue weighted by Gasteiger charge is -2.13. The van der Waals surface area contributed by atoms with E-state index in [1.807, 2.05) is 0 Å². The van der Waals surface area contributed by atoms with E-state index in [9.17, 15) is 19.8 Å². The van der Waals surface area contributed by atoms with Crippen LogP contribution in [-0.2, 0) is 0 Å². The molecule has 0 aliphatic carbocycles. The lowest BCUT2D eigenvalue weighted by atomic mass is 10.2. The Hall–Kier alpha value is -3.76. The van der Waals surface area contributed by atoms with Crippen LogP contribution in [0, 0.1) is 0 Å². The fourth-order valence-corrected chi connectivity index (χ4v) is 2.90. The van der Waals surface area contributed by atoms with Crippen LogP contribution in [-0.4, -0.2) is 52.3 Å². The molecule has 0 bridgehead atoms. The summed E-state index contributed by atoms with van der Waals surface area (Å²) in [5.74, 6) is -2.11. The number of nitrogens with zero attached hydrogens (tertiary/aromatic N) is 2. The lowest BCUT2D eigenvalue weighted by Crippen LogP contribution is -2.13. The molecule has 142 valence electrons. The Kier molecular flexibility index (Phi) is 4.06. The zero-order valence-electron chi connectivity index (χ0n) is 14.1. The molecule has 10 nitrogen and oxygen atoms in total. The molecule has 6 N–H and O–H groups in total. The van der Waals surface area contributed by atoms with Gasteiger partial charge < -0.3 is 30.4 Å². The monoisotopic (exact) mass is 382 g/mol. The molecule has 0 spiro atoms. The summed E-state index contributed by atoms with van der Waals surface area (Å²) in [6.07, 6.45) is -2.94. The number of aromatic carboxylic acids is 2. The number of benzene rings is 2. The average Bonchev–Trinajstić information content (AvgIpc) is 3.29. The van der Waals surface area contributed by atoms with E-state index < -0.39 is 24.1 Å². The van der Waals surface area contributed by atoms with Crippen LogP contribution < -0.4 is 0 Å². The van der Waals surface area contributed by atoms with Crippen molar-refractivity contribution in [1.82, 2.24) is 19.9 Å². The molecular weight excluding hydrogens is 368 g/mol. The lowest BCUT2D eigenvalue weighted by molar-refractivity contribution is 0.00780. The Labute approximate surface area is 156 Å². The van der Waals surface area contributed by atoms with Crippen LogP contribution in [0.25, 0.3) is 22.1 Å². The van der Waals surface area contributed by atoms with Crippen molar-refractivity contribution in [2.75, 3.05) is 0 Å². The smallest absolute Gasteiger partial charge is 0.335 e. The van der Waals surface area contributed by atoms with Gasteiger partial charge in [-0.2, -0.15) is 0 Å². The first-order chi connectivity index (χ1) is 13.3. The van der Waals surface area contributed by atoms with E-state index in [0.29, 0.717) is 22.1 Å². The Bertz CT molecular complexity index is 1130. The largest absolute Gasteiger partial charge is 0.478 e. The molecule has 10 heteroatoms. The van der Waals surface area contributed by atoms with Crippen molar-refractivity contribution in [2.45, 2.75) is 12.2 Å². The zero-order chi connectivity index (χ0) is 20.0. The van der Waals surface area contributed by atoms with Gasteiger partial charge in [-0.15, -0.1) is 0 Å². The highest BCUT2D eigenvalue weighted by atomic mass is 16.4. The molecule has 2 aromatic carbocycles. The van der Waals surface area contributed by atoms with Crippen molar-refractivity contribution in [3.63, 3.8) is 0 Å². The van der Waals surface area contributed by atoms with Gasteiger partial charge in [0.2, 0.25) is 0 Å². The number of hydrogen-bond acceptors (Lipinski definition) is 6. The van der Waals surface area contributed by atoms with Gasteiger partial charge in [-0.1, -0.05) is 0 Å². The summed E-state index contributed by atoms with van der Waals surface area (Å²) in [4.78, 5) is 36.1. The van der Waals surface area contributed by atoms with E-state index in [4.69, 9.17) is 10.2 Å². The molecule has 0 radical (unpaired) electrons. The molecular formula is C18H14N4O6. The topological polar surface area (TPSA) is 172 Å². The zero-order valence-corrected chi connectivity index (χ0v) is 14.1. The maximum absolute atomic E-state index is 11.1. The number of H-pyrrole nitrogens is 2. The molecule has 0 saturated heterocycles. The van der Waals surface area contributed by atoms with Crippen LogP contribution in [0.2, 0.25) is 0 Å². The fourth-order valence-electron chi connectivity index (χ4n) is 2.90. The van der Waals surface area contributed by atoms with Gasteiger partial charge in [0.1, 0.15) is 23.9 Å². The van der Waals surface area contributed by atoms with Crippen LogP contribution in [0.15, 0.2) is 36.4 Å². The van der Waals surface area contributed by atoms with Gasteiger partial charge in [-0.25, -0.2) is 19.6 Å². The molecule has 4 aromatic rings. The number of hydrogen-bond donors (Lipinski definition) is 6. The maximum atomic E-state index is 11.1. The number of fused-ring (bicyclic) bond motifs is 2. The van der Waals surface area contributed by atoms with E-state index in [-0.39, 0.29) is 22.8 Å². The van der Waals surface area contributed by atoms with Crippen LogP contribution in [0.4, 0.5) is 0 Å². The van der Waals surface area contributed by atoms with Crippen LogP contribution in [0.5, 0.6) is 0 Å². The van der Waals surface area contributed by atoms with E-state index in [1.165, 1.54) is 36.4 Å². The molecule has 0 amide bonds. The van der Waals surface area contributed by atoms with Crippen molar-refractivity contribution >= 4 is 34.0 Å². The van der Waals surface area contributed by atoms with Crippen molar-refractivity contribution in [1.29, 1.82) is 0 Å². The van der Waals surface area contributed by atoms with Crippen LogP contribution in [0.3, 0.4) is 0 Å². The number of aliphatic hydroxyl groups excluding tert-OH is 2. The van der Waals surface area contributed by atoms with Crippen LogP contribution in [0.1, 0.15) is 44.6 Å². The number of carbonyl (C=O) groups is 2. The minimum Gasteiger partial charge on any atom is -0.478 e. The number of rotatable bonds is 5. The Morgan fingerprint density at radius 1 is 0.750 bits per heavy atom. The fraction of sp³-hybridized carbons (Fsp3) is 0.111. The van der Waals surface area contributed by atoms with Gasteiger partial charge in [-0.3, -0.25) is 0 Å². The molecule has 0 fully saturated rings. The van der Waals surface area contributed by atoms with Crippen molar-refractivity contribution < 1.29 is 30.0 Å². The molecule has 4 rings (SSSR count). The van der Waals surface area contributed by atoms with E-state index in [0.717, 1.165) is 0 Å². The number of nitrogens with one attached hydrogen (secondary N) is 2. The Morgan fingerprint density at radius 2 is 1.14 bits per heavy atom. The number of imidazole rings is 2. The van der Waals surface area contributed by atoms with E-state index >= 15 is 0 Å². The summed E-state index contributed by atoms with van der Waals surface area (Å²) < 4.78 is 0. The first kappa shape index (κ1) is 17.6. The van der Waals surface area contributed by atoms with Gasteiger partial charge in [0.15, 0.2) is 0 Å². The second-order valence-corrected chi connectivity index (χ2v) is 6.21. The minimum absolute atomic E-state index is 0.0386. The molecule has 2 aromatic heterocycles. The number of aliphatic hydroxyl groups is 2. The SMILES string of the molecule is O=C(O)c1ccc2nc([C@H](O)[C@@H](O)c3nc4ccc(C(=O)O)cc4[nH]3)[nH]c2c1. The molecule has 0 unspecified atom stereocenters. The summed E-state index contributed by atoms with van der Waals surface area (Å²) in [5.41, 5.74) is 1.78. The Balaban J connectivity index is 1.66. The first-order valence-corrected chi connectivity index (χ1v) is 8.15. The highest BCUT2D eigenvalue weighted by molar-refractivity contribution is 5.93. The Morgan fingerprint density at radius 3 is 1.50 bits per heavy atom. The number of aromatic nitrogens is 4. The third-order valence-electron chi connectivity index (χ3n) is 4.35. The number of aromatic amines is 2. The first-order valence-electron chi connectivity index (χ1n) is 8.15. The van der Waals surface area contributed by atoms with Crippen LogP contribution >= 0.6 is 0 Å². The number of carboxylic acid groups (broad SMARTS) is 2. The molecule has 0 aliphatic rings. The van der Waals surface area contributed by atoms with Crippen molar-refractivity contribution in [3.8, 4) is 0 Å². The highest BCUT2D eigenvalue weighted by Crippen LogP contribution is 2.28. The minimum atomic E-state index is -1.47. The predicted molar refractivity (Wildman–Crippen MR) is 96.0 cm³/mol. The van der Waals surface area contributed by atoms with Gasteiger partial charge in [0.25, 0.3) is 0 Å². The second-order valence-electron chi connectivity index (χ2n) is 6.21. The standard InChI is InChI=1S/C18H14N4O6/c23-13(15-19-9-3-1-7(17(25)26)5-11(9)21-15)14(24)16-20-10-4-2-8(18(27)28)6-12(10)22-16/h1-6,13-14,23-24H,(H,19,21)(H,20,22)(H,25,26)(H,27,28)/t13-,14-/m1/s1. The van der Waals surface area contributed by atoms with Crippen molar-refractivity contribution in [2.24, 2.45) is 0 Å². The van der Waals surface area contributed by atoms with E-state index in [2.05, 4.69) is 19.9 Å². The summed E-state index contributed by atoms with van der Waals surface area (Å²) in [6, 6.07) is 8.51. The van der Waals surface area contributed by atoms with Gasteiger partial charge >= 0.3 is 11.9 Å². The number of carboxylic acids is 2. The molecule has 2 atom stereocenters. The molecule has 0 aliphatic heterocycles. The predicted octanol–water partition coefficient (Wildman–Crippen LogP) is 1.60. The quantitative estimate of drug-likeness (QED) is 0.302.